The Balaban J connectivity index is 1.89. The number of benzene rings is 2. The average molecular weight is 408 g/mol. The van der Waals surface area contributed by atoms with Gasteiger partial charge in [0.05, 0.1) is 24.4 Å². The van der Waals surface area contributed by atoms with Gasteiger partial charge in [-0.15, -0.1) is 0 Å². The van der Waals surface area contributed by atoms with E-state index in [1.165, 1.54) is 0 Å². The topological polar surface area (TPSA) is 95.4 Å². The van der Waals surface area contributed by atoms with Gasteiger partial charge in [0.1, 0.15) is 17.6 Å². The highest BCUT2D eigenvalue weighted by Crippen LogP contribution is 2.30. The number of nitrogens with zero attached hydrogens (tertiary/aromatic N) is 1. The highest BCUT2D eigenvalue weighted by Gasteiger charge is 2.30. The lowest BCUT2D eigenvalue weighted by Gasteiger charge is -2.30. The molecule has 1 atom stereocenters. The second-order valence-electron chi connectivity index (χ2n) is 6.24. The Hall–Kier alpha value is -3.57. The highest BCUT2D eigenvalue weighted by atomic mass is 32.1. The summed E-state index contributed by atoms with van der Waals surface area (Å²) in [7, 11) is 1.55. The summed E-state index contributed by atoms with van der Waals surface area (Å²) in [5, 5.41) is 18.1. The van der Waals surface area contributed by atoms with Gasteiger partial charge in [0, 0.05) is 5.70 Å². The summed E-state index contributed by atoms with van der Waals surface area (Å²) in [6, 6.07) is 15.9. The van der Waals surface area contributed by atoms with Gasteiger partial charge < -0.3 is 25.4 Å². The Bertz CT molecular complexity index is 996. The molecule has 0 bridgehead atoms. The summed E-state index contributed by atoms with van der Waals surface area (Å²) in [5.41, 5.74) is 2.58. The van der Waals surface area contributed by atoms with E-state index in [2.05, 4.69) is 16.0 Å². The van der Waals surface area contributed by atoms with Gasteiger partial charge in [-0.2, -0.15) is 5.26 Å². The summed E-state index contributed by atoms with van der Waals surface area (Å²) in [5.74, 6) is 0.874. The number of ether oxygens (including phenoxy) is 2. The van der Waals surface area contributed by atoms with Crippen LogP contribution in [0, 0.1) is 11.3 Å². The molecular weight excluding hydrogens is 388 g/mol. The second kappa shape index (κ2) is 9.08. The van der Waals surface area contributed by atoms with Gasteiger partial charge in [-0.1, -0.05) is 24.3 Å². The van der Waals surface area contributed by atoms with Crippen molar-refractivity contribution < 1.29 is 14.3 Å². The maximum atomic E-state index is 13.1. The van der Waals surface area contributed by atoms with E-state index in [0.29, 0.717) is 33.6 Å². The lowest BCUT2D eigenvalue weighted by molar-refractivity contribution is -0.113. The number of carbonyl (C=O) groups excluding carboxylic acids is 1. The molecule has 0 fully saturated rings. The second-order valence-corrected chi connectivity index (χ2v) is 6.65. The molecule has 1 amide bonds. The van der Waals surface area contributed by atoms with Crippen LogP contribution in [0.4, 0.5) is 5.69 Å². The maximum Gasteiger partial charge on any atom is 0.255 e. The molecule has 2 aromatic rings. The van der Waals surface area contributed by atoms with Crippen LogP contribution in [0.15, 0.2) is 59.8 Å². The standard InChI is InChI=1S/C21H20N4O3S/c1-13-18(20(26)24-16-5-3-4-6-17(16)27-2)19(25-21(29)23-13)14-7-9-15(10-8-14)28-12-11-22/h3-10,19H,12H2,1-2H3,(H,24,26)(H2,23,25,29)/t19-/m0/s1. The lowest BCUT2D eigenvalue weighted by Crippen LogP contribution is -2.45. The Morgan fingerprint density at radius 3 is 2.66 bits per heavy atom. The van der Waals surface area contributed by atoms with Crippen molar-refractivity contribution in [1.29, 1.82) is 5.26 Å². The van der Waals surface area contributed by atoms with E-state index in [-0.39, 0.29) is 12.5 Å². The van der Waals surface area contributed by atoms with Gasteiger partial charge in [0.15, 0.2) is 11.7 Å². The summed E-state index contributed by atoms with van der Waals surface area (Å²) >= 11 is 5.28. The molecule has 29 heavy (non-hydrogen) atoms. The molecule has 7 nitrogen and oxygen atoms in total. The van der Waals surface area contributed by atoms with Gasteiger partial charge in [0.2, 0.25) is 0 Å². The quantitative estimate of drug-likeness (QED) is 0.633. The van der Waals surface area contributed by atoms with Crippen molar-refractivity contribution in [3.63, 3.8) is 0 Å². The monoisotopic (exact) mass is 408 g/mol. The van der Waals surface area contributed by atoms with Crippen molar-refractivity contribution in [2.24, 2.45) is 0 Å². The van der Waals surface area contributed by atoms with Crippen LogP contribution in [-0.2, 0) is 4.79 Å². The summed E-state index contributed by atoms with van der Waals surface area (Å²) in [6.07, 6.45) is 0. The van der Waals surface area contributed by atoms with E-state index < -0.39 is 6.04 Å². The maximum absolute atomic E-state index is 13.1. The number of hydrogen-bond acceptors (Lipinski definition) is 5. The fourth-order valence-corrected chi connectivity index (χ4v) is 3.33. The van der Waals surface area contributed by atoms with Gasteiger partial charge in [-0.05, 0) is 49.0 Å². The van der Waals surface area contributed by atoms with Crippen LogP contribution >= 0.6 is 12.2 Å². The van der Waals surface area contributed by atoms with E-state index in [9.17, 15) is 4.79 Å². The lowest BCUT2D eigenvalue weighted by atomic mass is 9.95. The molecule has 1 heterocycles. The third kappa shape index (κ3) is 4.65. The van der Waals surface area contributed by atoms with Crippen molar-refractivity contribution in [2.75, 3.05) is 19.0 Å². The molecule has 3 rings (SSSR count). The minimum Gasteiger partial charge on any atom is -0.495 e. The van der Waals surface area contributed by atoms with Gasteiger partial charge in [-0.25, -0.2) is 0 Å². The molecule has 8 heteroatoms. The molecule has 1 aliphatic rings. The van der Waals surface area contributed by atoms with E-state index in [4.69, 9.17) is 27.0 Å². The van der Waals surface area contributed by atoms with E-state index in [1.54, 1.807) is 31.4 Å². The summed E-state index contributed by atoms with van der Waals surface area (Å²) in [4.78, 5) is 13.1. The zero-order valence-electron chi connectivity index (χ0n) is 16.0. The number of allylic oxidation sites excluding steroid dienone is 1. The van der Waals surface area contributed by atoms with E-state index in [1.807, 2.05) is 37.3 Å². The number of methoxy groups -OCH3 is 1. The number of para-hydroxylation sites is 2. The van der Waals surface area contributed by atoms with Crippen LogP contribution in [0.25, 0.3) is 0 Å². The molecule has 0 saturated heterocycles. The molecular formula is C21H20N4O3S. The van der Waals surface area contributed by atoms with E-state index >= 15 is 0 Å². The van der Waals surface area contributed by atoms with Crippen molar-refractivity contribution in [3.8, 4) is 17.6 Å². The molecule has 0 spiro atoms. The zero-order chi connectivity index (χ0) is 20.8. The van der Waals surface area contributed by atoms with Crippen LogP contribution in [0.3, 0.4) is 0 Å². The summed E-state index contributed by atoms with van der Waals surface area (Å²) in [6.45, 7) is 1.78. The summed E-state index contributed by atoms with van der Waals surface area (Å²) < 4.78 is 10.6. The number of nitriles is 1. The first kappa shape index (κ1) is 20.2. The molecule has 0 saturated carbocycles. The van der Waals surface area contributed by atoms with E-state index in [0.717, 1.165) is 5.56 Å². The van der Waals surface area contributed by atoms with Crippen molar-refractivity contribution in [3.05, 3.63) is 65.4 Å². The number of anilines is 1. The van der Waals surface area contributed by atoms with Gasteiger partial charge >= 0.3 is 0 Å². The Kier molecular flexibility index (Phi) is 6.32. The normalized spacial score (nSPS) is 15.6. The smallest absolute Gasteiger partial charge is 0.255 e. The minimum atomic E-state index is -0.441. The molecule has 1 aliphatic heterocycles. The van der Waals surface area contributed by atoms with Gasteiger partial charge in [-0.3, -0.25) is 4.79 Å². The first-order valence-corrected chi connectivity index (χ1v) is 9.26. The predicted molar refractivity (Wildman–Crippen MR) is 113 cm³/mol. The van der Waals surface area contributed by atoms with Crippen molar-refractivity contribution >= 4 is 28.9 Å². The fourth-order valence-electron chi connectivity index (χ4n) is 3.05. The molecule has 0 radical (unpaired) electrons. The third-order valence-corrected chi connectivity index (χ3v) is 4.61. The number of amides is 1. The van der Waals surface area contributed by atoms with Crippen molar-refractivity contribution in [2.45, 2.75) is 13.0 Å². The number of nitrogens with one attached hydrogen (secondary N) is 3. The Morgan fingerprint density at radius 1 is 1.24 bits per heavy atom. The molecule has 2 aromatic carbocycles. The zero-order valence-corrected chi connectivity index (χ0v) is 16.8. The number of rotatable bonds is 6. The van der Waals surface area contributed by atoms with Crippen molar-refractivity contribution in [1.82, 2.24) is 10.6 Å². The number of thiocarbonyl (C=S) groups is 1. The number of hydrogen-bond donors (Lipinski definition) is 3. The minimum absolute atomic E-state index is 0.0272. The first-order chi connectivity index (χ1) is 14.0. The highest BCUT2D eigenvalue weighted by molar-refractivity contribution is 7.80. The Morgan fingerprint density at radius 2 is 1.97 bits per heavy atom. The van der Waals surface area contributed by atoms with Crippen LogP contribution in [-0.4, -0.2) is 24.7 Å². The SMILES string of the molecule is COc1ccccc1NC(=O)C1=C(C)NC(=S)N[C@H]1c1ccc(OCC#N)cc1. The van der Waals surface area contributed by atoms with Crippen LogP contribution in [0.2, 0.25) is 0 Å². The number of carbonyl (C=O) groups is 1. The first-order valence-electron chi connectivity index (χ1n) is 8.86. The van der Waals surface area contributed by atoms with Crippen LogP contribution in [0.5, 0.6) is 11.5 Å². The van der Waals surface area contributed by atoms with Crippen LogP contribution < -0.4 is 25.4 Å². The third-order valence-electron chi connectivity index (χ3n) is 4.39. The molecule has 0 aliphatic carbocycles. The predicted octanol–water partition coefficient (Wildman–Crippen LogP) is 3.03. The molecule has 0 aromatic heterocycles. The van der Waals surface area contributed by atoms with Gasteiger partial charge in [0.25, 0.3) is 5.91 Å². The molecule has 3 N–H and O–H groups in total. The molecule has 148 valence electrons. The molecule has 0 unspecified atom stereocenters. The van der Waals surface area contributed by atoms with Crippen LogP contribution in [0.1, 0.15) is 18.5 Å². The average Bonchev–Trinajstić information content (AvgIpc) is 2.72. The fraction of sp³-hybridized carbons (Fsp3) is 0.190. The Labute approximate surface area is 174 Å². The largest absolute Gasteiger partial charge is 0.495 e.